The molecule has 0 bridgehead atoms. The van der Waals surface area contributed by atoms with E-state index >= 15 is 0 Å². The highest BCUT2D eigenvalue weighted by atomic mass is 15.0. The summed E-state index contributed by atoms with van der Waals surface area (Å²) in [6, 6.07) is 180. The first-order chi connectivity index (χ1) is 69.3. The molecular formula is C130H80N10. The molecule has 0 amide bonds. The van der Waals surface area contributed by atoms with Crippen molar-refractivity contribution in [1.29, 1.82) is 21.0 Å². The van der Waals surface area contributed by atoms with Crippen molar-refractivity contribution in [3.05, 3.63) is 508 Å². The van der Waals surface area contributed by atoms with E-state index in [0.29, 0.717) is 22.3 Å². The summed E-state index contributed by atoms with van der Waals surface area (Å²) in [4.78, 5) is 0. The van der Waals surface area contributed by atoms with Crippen LogP contribution in [0, 0.1) is 45.3 Å². The van der Waals surface area contributed by atoms with Gasteiger partial charge in [-0.1, -0.05) is 309 Å². The van der Waals surface area contributed by atoms with Crippen LogP contribution in [0.15, 0.2) is 485 Å². The fraction of sp³-hybridized carbons (Fsp3) is 0. The molecule has 21 aromatic carbocycles. The van der Waals surface area contributed by atoms with E-state index in [1.54, 1.807) is 0 Å². The lowest BCUT2D eigenvalue weighted by molar-refractivity contribution is 1.17. The van der Waals surface area contributed by atoms with E-state index in [2.05, 4.69) is 458 Å². The van der Waals surface area contributed by atoms with Crippen LogP contribution in [0.25, 0.3) is 232 Å². The van der Waals surface area contributed by atoms with Crippen molar-refractivity contribution in [1.82, 2.24) is 27.4 Å². The SMILES string of the molecule is N#Cc1ccc(-n2c3ccccc3c3cc(-c4ccccc4-c4ccccc4-n4c5ccccc5c5ccccc54)ccc32)cc1.N#Cc1ccc2c(c1)c1ccccc1n2-c1ccccc1-c1ccccc1-c1ccc2c(c1)c1ccccc1n2-c1ccccc1C#N.N#Cc1cccc(-n2c3ccccc3c3cc(-c4ccccc4-c4ccccc4-n4c5ccccc5c5ccccc54)ccc32)c1. The Balaban J connectivity index is 0.000000111. The lowest BCUT2D eigenvalue weighted by Gasteiger charge is -2.17. The predicted molar refractivity (Wildman–Crippen MR) is 577 cm³/mol. The summed E-state index contributed by atoms with van der Waals surface area (Å²) in [6.45, 7) is 0. The topological polar surface area (TPSA) is 125 Å². The van der Waals surface area contributed by atoms with Crippen LogP contribution in [-0.2, 0) is 0 Å². The summed E-state index contributed by atoms with van der Waals surface area (Å²) in [6.07, 6.45) is 0. The van der Waals surface area contributed by atoms with Crippen molar-refractivity contribution < 1.29 is 0 Å². The number of para-hydroxylation sites is 12. The van der Waals surface area contributed by atoms with Gasteiger partial charge in [-0.2, -0.15) is 21.0 Å². The van der Waals surface area contributed by atoms with E-state index in [4.69, 9.17) is 0 Å². The summed E-state index contributed by atoms with van der Waals surface area (Å²) >= 11 is 0. The van der Waals surface area contributed by atoms with Gasteiger partial charge >= 0.3 is 0 Å². The molecule has 6 aromatic heterocycles. The standard InChI is InChI=1S/C44H26N4.2C43H27N3/c45-27-29-21-23-43-37(25-29)35-15-5-10-20-42(35)48(43)40-18-8-4-14-34(40)33-13-3-2-12-32(33)30-22-24-44-38(26-30)36-16-6-9-19-41(36)47(44)39-17-7-1-11-31(39)28-46;44-28-29-12-11-13-31(26-29)45-39-20-7-6-19-37(39)38-27-30(24-25-43(38)45)32-14-1-2-15-33(32)34-16-3-8-21-40(34)46-41-22-9-4-17-35(41)36-18-5-10-23-42(36)46;44-28-29-21-24-31(25-22-29)45-39-17-7-6-16-37(39)38-27-30(23-26-43(38)45)32-11-1-2-12-33(32)34-13-3-8-18-40(34)46-41-19-9-4-14-35(41)36-15-5-10-20-42(36)46/h1-26H;2*1-27H. The van der Waals surface area contributed by atoms with Crippen molar-refractivity contribution in [2.45, 2.75) is 0 Å². The molecule has 0 unspecified atom stereocenters. The highest BCUT2D eigenvalue weighted by Gasteiger charge is 2.26. The van der Waals surface area contributed by atoms with Crippen LogP contribution in [0.2, 0.25) is 0 Å². The smallest absolute Gasteiger partial charge is 0.101 e. The van der Waals surface area contributed by atoms with Gasteiger partial charge in [-0.05, 0) is 226 Å². The fourth-order valence-electron chi connectivity index (χ4n) is 21.7. The van der Waals surface area contributed by atoms with Gasteiger partial charge in [0.05, 0.1) is 129 Å². The molecule has 10 heteroatoms. The minimum Gasteiger partial charge on any atom is -0.309 e. The molecule has 0 fully saturated rings. The maximum atomic E-state index is 9.95. The number of fused-ring (bicyclic) bond motifs is 18. The third-order valence-electron chi connectivity index (χ3n) is 27.8. The Morgan fingerprint density at radius 2 is 0.379 bits per heavy atom. The van der Waals surface area contributed by atoms with Crippen LogP contribution in [0.4, 0.5) is 0 Å². The molecule has 6 heterocycles. The molecule has 0 aliphatic rings. The Hall–Kier alpha value is -19.6. The van der Waals surface area contributed by atoms with Gasteiger partial charge in [0.2, 0.25) is 0 Å². The molecule has 27 aromatic rings. The van der Waals surface area contributed by atoms with Gasteiger partial charge in [0, 0.05) is 92.7 Å². The van der Waals surface area contributed by atoms with Crippen molar-refractivity contribution in [2.75, 3.05) is 0 Å². The van der Waals surface area contributed by atoms with Crippen LogP contribution < -0.4 is 0 Å². The zero-order chi connectivity index (χ0) is 93.4. The number of nitriles is 4. The van der Waals surface area contributed by atoms with E-state index in [1.165, 1.54) is 104 Å². The minimum atomic E-state index is 0.639. The lowest BCUT2D eigenvalue weighted by Crippen LogP contribution is -1.98. The van der Waals surface area contributed by atoms with Crippen molar-refractivity contribution in [3.8, 4) is 125 Å². The highest BCUT2D eigenvalue weighted by molar-refractivity contribution is 6.17. The number of benzene rings is 21. The monoisotopic (exact) mass is 1780 g/mol. The molecule has 0 saturated heterocycles. The summed E-state index contributed by atoms with van der Waals surface area (Å²) < 4.78 is 13.9. The molecule has 0 aliphatic heterocycles. The van der Waals surface area contributed by atoms with Gasteiger partial charge in [0.15, 0.2) is 0 Å². The largest absolute Gasteiger partial charge is 0.309 e. The van der Waals surface area contributed by atoms with Crippen molar-refractivity contribution >= 4 is 131 Å². The van der Waals surface area contributed by atoms with E-state index in [-0.39, 0.29) is 0 Å². The number of hydrogen-bond acceptors (Lipinski definition) is 4. The molecule has 0 atom stereocenters. The average Bonchev–Trinajstić information content (AvgIpc) is 1.59. The molecule has 0 spiro atoms. The molecule has 27 rings (SSSR count). The highest BCUT2D eigenvalue weighted by Crippen LogP contribution is 2.48. The quantitative estimate of drug-likeness (QED) is 0.121. The maximum Gasteiger partial charge on any atom is 0.101 e. The van der Waals surface area contributed by atoms with E-state index in [1.807, 2.05) is 78.9 Å². The first-order valence-electron chi connectivity index (χ1n) is 46.9. The summed E-state index contributed by atoms with van der Waals surface area (Å²) in [5.74, 6) is 0. The number of rotatable bonds is 12. The summed E-state index contributed by atoms with van der Waals surface area (Å²) in [5, 5.41) is 52.8. The van der Waals surface area contributed by atoms with Gasteiger partial charge in [0.1, 0.15) is 6.07 Å². The normalized spacial score (nSPS) is 11.4. The van der Waals surface area contributed by atoms with Crippen LogP contribution in [0.5, 0.6) is 0 Å². The Labute approximate surface area is 806 Å². The maximum absolute atomic E-state index is 9.95. The molecule has 10 nitrogen and oxygen atoms in total. The van der Waals surface area contributed by atoms with Crippen molar-refractivity contribution in [3.63, 3.8) is 0 Å². The molecule has 0 saturated carbocycles. The lowest BCUT2D eigenvalue weighted by atomic mass is 9.92. The molecule has 650 valence electrons. The molecule has 0 radical (unpaired) electrons. The predicted octanol–water partition coefficient (Wildman–Crippen LogP) is 33.1. The first kappa shape index (κ1) is 82.3. The summed E-state index contributed by atoms with van der Waals surface area (Å²) in [5.41, 5.74) is 36.4. The van der Waals surface area contributed by atoms with Crippen LogP contribution in [0.3, 0.4) is 0 Å². The molecular weight excluding hydrogens is 1700 g/mol. The number of nitrogens with zero attached hydrogens (tertiary/aromatic N) is 10. The van der Waals surface area contributed by atoms with Gasteiger partial charge in [0.25, 0.3) is 0 Å². The third kappa shape index (κ3) is 13.7. The Kier molecular flexibility index (Phi) is 20.2. The molecule has 140 heavy (non-hydrogen) atoms. The third-order valence-corrected chi connectivity index (χ3v) is 27.8. The number of aromatic nitrogens is 6. The first-order valence-corrected chi connectivity index (χ1v) is 46.9. The van der Waals surface area contributed by atoms with Crippen LogP contribution in [-0.4, -0.2) is 27.4 Å². The van der Waals surface area contributed by atoms with Gasteiger partial charge < -0.3 is 27.4 Å². The fourth-order valence-corrected chi connectivity index (χ4v) is 21.7. The van der Waals surface area contributed by atoms with Gasteiger partial charge in [-0.3, -0.25) is 0 Å². The zero-order valence-corrected chi connectivity index (χ0v) is 75.7. The van der Waals surface area contributed by atoms with Gasteiger partial charge in [-0.25, -0.2) is 0 Å². The van der Waals surface area contributed by atoms with Crippen molar-refractivity contribution in [2.24, 2.45) is 0 Å². The van der Waals surface area contributed by atoms with E-state index < -0.39 is 0 Å². The van der Waals surface area contributed by atoms with Gasteiger partial charge in [-0.15, -0.1) is 0 Å². The summed E-state index contributed by atoms with van der Waals surface area (Å²) in [7, 11) is 0. The molecule has 0 N–H and O–H groups in total. The van der Waals surface area contributed by atoms with E-state index in [0.717, 1.165) is 128 Å². The Bertz CT molecular complexity index is 9820. The van der Waals surface area contributed by atoms with E-state index in [9.17, 15) is 21.0 Å². The Morgan fingerprint density at radius 3 is 0.729 bits per heavy atom. The Morgan fingerprint density at radius 1 is 0.136 bits per heavy atom. The average molecular weight is 1780 g/mol. The number of hydrogen-bond donors (Lipinski definition) is 0. The van der Waals surface area contributed by atoms with Crippen LogP contribution >= 0.6 is 0 Å². The second-order valence-electron chi connectivity index (χ2n) is 35.3. The zero-order valence-electron chi connectivity index (χ0n) is 75.7. The van der Waals surface area contributed by atoms with Crippen LogP contribution in [0.1, 0.15) is 22.3 Å². The second kappa shape index (κ2) is 34.4. The second-order valence-corrected chi connectivity index (χ2v) is 35.3. The minimum absolute atomic E-state index is 0.639. The molecule has 0 aliphatic carbocycles.